The van der Waals surface area contributed by atoms with Crippen molar-refractivity contribution in [3.05, 3.63) is 69.0 Å². The van der Waals surface area contributed by atoms with E-state index in [0.29, 0.717) is 0 Å². The minimum Gasteiger partial charge on any atom is -0.374 e. The van der Waals surface area contributed by atoms with Gasteiger partial charge in [0, 0.05) is 21.2 Å². The lowest BCUT2D eigenvalue weighted by atomic mass is 9.86. The maximum Gasteiger partial charge on any atom is 0.435 e. The van der Waals surface area contributed by atoms with E-state index < -0.39 is 24.0 Å². The highest BCUT2D eigenvalue weighted by Crippen LogP contribution is 2.49. The van der Waals surface area contributed by atoms with Crippen molar-refractivity contribution in [1.29, 1.82) is 5.26 Å². The van der Waals surface area contributed by atoms with Gasteiger partial charge in [-0.3, -0.25) is 0 Å². The van der Waals surface area contributed by atoms with Crippen LogP contribution in [-0.4, -0.2) is 11.9 Å². The molecule has 1 unspecified atom stereocenters. The van der Waals surface area contributed by atoms with E-state index in [9.17, 15) is 17.6 Å². The summed E-state index contributed by atoms with van der Waals surface area (Å²) in [6.07, 6.45) is -5.56. The van der Waals surface area contributed by atoms with Crippen LogP contribution in [0.15, 0.2) is 41.6 Å². The Morgan fingerprint density at radius 2 is 1.77 bits per heavy atom. The number of hydrogen-bond acceptors (Lipinski definition) is 3. The van der Waals surface area contributed by atoms with Gasteiger partial charge in [-0.05, 0) is 36.4 Å². The number of rotatable bonds is 2. The summed E-state index contributed by atoms with van der Waals surface area (Å²) in [5.74, 6) is -0.687. The van der Waals surface area contributed by atoms with Gasteiger partial charge in [0.1, 0.15) is 5.82 Å². The van der Waals surface area contributed by atoms with E-state index in [1.54, 1.807) is 6.07 Å². The summed E-state index contributed by atoms with van der Waals surface area (Å²) in [6.45, 7) is 0. The third-order valence-electron chi connectivity index (χ3n) is 3.93. The first-order valence-corrected chi connectivity index (χ1v) is 7.90. The van der Waals surface area contributed by atoms with Crippen LogP contribution in [0, 0.1) is 17.1 Å². The molecule has 0 aliphatic carbocycles. The van der Waals surface area contributed by atoms with Gasteiger partial charge < -0.3 is 4.84 Å². The minimum absolute atomic E-state index is 0.00710. The molecule has 0 saturated carbocycles. The van der Waals surface area contributed by atoms with Crippen LogP contribution in [0.1, 0.15) is 23.1 Å². The van der Waals surface area contributed by atoms with Crippen LogP contribution in [0.3, 0.4) is 0 Å². The molecular formula is C17H8Cl2F4N2O. The molecule has 0 aromatic heterocycles. The maximum atomic E-state index is 13.9. The van der Waals surface area contributed by atoms with Crippen molar-refractivity contribution in [3.63, 3.8) is 0 Å². The molecule has 3 rings (SSSR count). The minimum atomic E-state index is -4.85. The summed E-state index contributed by atoms with van der Waals surface area (Å²) < 4.78 is 55.0. The van der Waals surface area contributed by atoms with E-state index in [1.807, 2.05) is 0 Å². The fourth-order valence-electron chi connectivity index (χ4n) is 2.70. The van der Waals surface area contributed by atoms with Crippen molar-refractivity contribution < 1.29 is 22.4 Å². The molecule has 1 heterocycles. The Kier molecular flexibility index (Phi) is 4.59. The number of nitriles is 1. The summed E-state index contributed by atoms with van der Waals surface area (Å²) in [4.78, 5) is 4.84. The summed E-state index contributed by atoms with van der Waals surface area (Å²) in [5, 5.41) is 12.7. The Balaban J connectivity index is 2.09. The highest BCUT2D eigenvalue weighted by atomic mass is 35.5. The second-order valence-corrected chi connectivity index (χ2v) is 6.46. The van der Waals surface area contributed by atoms with Gasteiger partial charge in [0.2, 0.25) is 0 Å². The molecular weight excluding hydrogens is 395 g/mol. The SMILES string of the molecule is N#Cc1cc(F)ccc1C1=NOC(c2cc(Cl)cc(Cl)c2)(C(F)(F)F)C1. The molecule has 2 aromatic carbocycles. The van der Waals surface area contributed by atoms with Crippen LogP contribution in [0.2, 0.25) is 10.0 Å². The monoisotopic (exact) mass is 402 g/mol. The van der Waals surface area contributed by atoms with E-state index in [2.05, 4.69) is 5.16 Å². The predicted octanol–water partition coefficient (Wildman–Crippen LogP) is 5.59. The van der Waals surface area contributed by atoms with Gasteiger partial charge in [-0.25, -0.2) is 4.39 Å². The molecule has 0 N–H and O–H groups in total. The molecule has 1 aliphatic rings. The third kappa shape index (κ3) is 3.11. The number of hydrogen-bond donors (Lipinski definition) is 0. The lowest BCUT2D eigenvalue weighted by molar-refractivity contribution is -0.275. The molecule has 134 valence electrons. The standard InChI is InChI=1S/C17H8Cl2F4N2O/c18-11-4-10(5-12(19)6-11)16(17(21,22)23)7-15(25-26-16)14-2-1-13(20)3-9(14)8-24/h1-6H,7H2. The first-order chi connectivity index (χ1) is 12.2. The molecule has 0 spiro atoms. The zero-order chi connectivity index (χ0) is 19.1. The Morgan fingerprint density at radius 1 is 1.12 bits per heavy atom. The zero-order valence-electron chi connectivity index (χ0n) is 12.7. The van der Waals surface area contributed by atoms with Crippen LogP contribution in [-0.2, 0) is 10.4 Å². The average molecular weight is 403 g/mol. The van der Waals surface area contributed by atoms with Crippen molar-refractivity contribution in [2.24, 2.45) is 5.16 Å². The van der Waals surface area contributed by atoms with E-state index in [-0.39, 0.29) is 32.4 Å². The van der Waals surface area contributed by atoms with Crippen molar-refractivity contribution >= 4 is 28.9 Å². The fraction of sp³-hybridized carbons (Fsp3) is 0.176. The van der Waals surface area contributed by atoms with Gasteiger partial charge in [0.25, 0.3) is 5.60 Å². The third-order valence-corrected chi connectivity index (χ3v) is 4.36. The maximum absolute atomic E-state index is 13.9. The second-order valence-electron chi connectivity index (χ2n) is 5.59. The van der Waals surface area contributed by atoms with Gasteiger partial charge in [-0.1, -0.05) is 28.4 Å². The molecule has 26 heavy (non-hydrogen) atoms. The van der Waals surface area contributed by atoms with E-state index in [4.69, 9.17) is 33.3 Å². The first-order valence-electron chi connectivity index (χ1n) is 7.14. The van der Waals surface area contributed by atoms with Crippen LogP contribution in [0.4, 0.5) is 17.6 Å². The second kappa shape index (κ2) is 6.45. The largest absolute Gasteiger partial charge is 0.435 e. The van der Waals surface area contributed by atoms with Gasteiger partial charge >= 0.3 is 6.18 Å². The fourth-order valence-corrected chi connectivity index (χ4v) is 3.22. The van der Waals surface area contributed by atoms with E-state index in [0.717, 1.165) is 24.3 Å². The quantitative estimate of drug-likeness (QED) is 0.614. The highest BCUT2D eigenvalue weighted by molar-refractivity contribution is 6.34. The summed E-state index contributed by atoms with van der Waals surface area (Å²) >= 11 is 11.7. The molecule has 1 atom stereocenters. The van der Waals surface area contributed by atoms with E-state index in [1.165, 1.54) is 12.1 Å². The van der Waals surface area contributed by atoms with Crippen LogP contribution in [0.5, 0.6) is 0 Å². The van der Waals surface area contributed by atoms with Crippen molar-refractivity contribution in [1.82, 2.24) is 0 Å². The summed E-state index contributed by atoms with van der Waals surface area (Å²) in [7, 11) is 0. The summed E-state index contributed by atoms with van der Waals surface area (Å²) in [6, 6.07) is 8.35. The topological polar surface area (TPSA) is 45.4 Å². The van der Waals surface area contributed by atoms with Gasteiger partial charge in [-0.2, -0.15) is 18.4 Å². The summed E-state index contributed by atoms with van der Waals surface area (Å²) in [5.41, 5.74) is -3.34. The predicted molar refractivity (Wildman–Crippen MR) is 87.5 cm³/mol. The highest BCUT2D eigenvalue weighted by Gasteiger charge is 2.62. The lowest BCUT2D eigenvalue weighted by Crippen LogP contribution is -2.42. The number of nitrogens with zero attached hydrogens (tertiary/aromatic N) is 2. The van der Waals surface area contributed by atoms with Crippen LogP contribution >= 0.6 is 23.2 Å². The molecule has 0 bridgehead atoms. The number of oxime groups is 1. The van der Waals surface area contributed by atoms with Crippen molar-refractivity contribution in [2.75, 3.05) is 0 Å². The number of halogens is 6. The lowest BCUT2D eigenvalue weighted by Gasteiger charge is -2.29. The molecule has 9 heteroatoms. The number of alkyl halides is 3. The molecule has 0 radical (unpaired) electrons. The molecule has 0 amide bonds. The molecule has 2 aromatic rings. The Bertz CT molecular complexity index is 933. The molecule has 1 aliphatic heterocycles. The van der Waals surface area contributed by atoms with Crippen molar-refractivity contribution in [2.45, 2.75) is 18.2 Å². The van der Waals surface area contributed by atoms with Crippen molar-refractivity contribution in [3.8, 4) is 6.07 Å². The van der Waals surface area contributed by atoms with Gasteiger partial charge in [0.05, 0.1) is 23.8 Å². The molecule has 0 saturated heterocycles. The Morgan fingerprint density at radius 3 is 2.35 bits per heavy atom. The Hall–Kier alpha value is -2.30. The van der Waals surface area contributed by atoms with Crippen LogP contribution < -0.4 is 0 Å². The number of benzene rings is 2. The van der Waals surface area contributed by atoms with Crippen LogP contribution in [0.25, 0.3) is 0 Å². The zero-order valence-corrected chi connectivity index (χ0v) is 14.3. The molecule has 0 fully saturated rings. The van der Waals surface area contributed by atoms with Gasteiger partial charge in [-0.15, -0.1) is 0 Å². The smallest absolute Gasteiger partial charge is 0.374 e. The average Bonchev–Trinajstić information content (AvgIpc) is 3.00. The molecule has 3 nitrogen and oxygen atoms in total. The normalized spacial score (nSPS) is 19.7. The van der Waals surface area contributed by atoms with E-state index >= 15 is 0 Å². The Labute approximate surface area is 155 Å². The van der Waals surface area contributed by atoms with Gasteiger partial charge in [0.15, 0.2) is 0 Å². The first kappa shape index (κ1) is 18.5.